The lowest BCUT2D eigenvalue weighted by Gasteiger charge is -2.38. The van der Waals surface area contributed by atoms with Crippen molar-refractivity contribution in [3.8, 4) is 17.1 Å². The number of nitrogens with zero attached hydrogens (tertiary/aromatic N) is 5. The normalized spacial score (nSPS) is 14.2. The first kappa shape index (κ1) is 24.1. The zero-order valence-electron chi connectivity index (χ0n) is 18.0. The summed E-state index contributed by atoms with van der Waals surface area (Å²) in [6.45, 7) is 3.83. The van der Waals surface area contributed by atoms with Crippen molar-refractivity contribution in [2.45, 2.75) is 6.54 Å². The van der Waals surface area contributed by atoms with E-state index >= 15 is 0 Å². The number of ether oxygens (including phenoxy) is 1. The summed E-state index contributed by atoms with van der Waals surface area (Å²) >= 11 is 6.05. The number of para-hydroxylation sites is 2. The number of rotatable bonds is 5. The molecule has 0 aliphatic carbocycles. The Morgan fingerprint density at radius 1 is 1.16 bits per heavy atom. The fraction of sp³-hybridized carbons (Fsp3) is 0.318. The van der Waals surface area contributed by atoms with E-state index in [-0.39, 0.29) is 24.0 Å². The predicted molar refractivity (Wildman–Crippen MR) is 137 cm³/mol. The van der Waals surface area contributed by atoms with Crippen LogP contribution in [0.15, 0.2) is 58.0 Å². The molecule has 1 saturated heterocycles. The van der Waals surface area contributed by atoms with Gasteiger partial charge in [0.05, 0.1) is 19.3 Å². The lowest BCUT2D eigenvalue weighted by molar-refractivity contribution is 0.353. The molecule has 2 heterocycles. The molecule has 0 amide bonds. The molecule has 32 heavy (non-hydrogen) atoms. The van der Waals surface area contributed by atoms with E-state index in [1.54, 1.807) is 14.2 Å². The molecule has 8 nitrogen and oxygen atoms in total. The van der Waals surface area contributed by atoms with Crippen molar-refractivity contribution in [1.82, 2.24) is 20.4 Å². The molecule has 1 N–H and O–H groups in total. The third-order valence-electron chi connectivity index (χ3n) is 5.17. The average Bonchev–Trinajstić information content (AvgIpc) is 3.29. The fourth-order valence-electron chi connectivity index (χ4n) is 3.61. The van der Waals surface area contributed by atoms with Crippen molar-refractivity contribution in [2.75, 3.05) is 45.2 Å². The number of halogens is 2. The maximum Gasteiger partial charge on any atom is 0.246 e. The van der Waals surface area contributed by atoms with Gasteiger partial charge in [-0.2, -0.15) is 4.98 Å². The van der Waals surface area contributed by atoms with E-state index in [9.17, 15) is 0 Å². The van der Waals surface area contributed by atoms with Gasteiger partial charge < -0.3 is 24.4 Å². The monoisotopic (exact) mass is 568 g/mol. The SMILES string of the molecule is CN=C(NCc1nc(-c2cccc(Cl)c2)no1)N1CCN(c2ccccc2OC)CC1.I. The lowest BCUT2D eigenvalue weighted by atomic mass is 10.2. The van der Waals surface area contributed by atoms with E-state index in [2.05, 4.69) is 36.3 Å². The second-order valence-electron chi connectivity index (χ2n) is 7.07. The molecule has 1 aromatic heterocycles. The quantitative estimate of drug-likeness (QED) is 0.284. The van der Waals surface area contributed by atoms with E-state index in [0.29, 0.717) is 23.3 Å². The van der Waals surface area contributed by atoms with Crippen LogP contribution in [0.1, 0.15) is 5.89 Å². The topological polar surface area (TPSA) is 79.0 Å². The van der Waals surface area contributed by atoms with Crippen molar-refractivity contribution in [2.24, 2.45) is 4.99 Å². The van der Waals surface area contributed by atoms with Gasteiger partial charge in [0.1, 0.15) is 5.75 Å². The summed E-state index contributed by atoms with van der Waals surface area (Å²) in [6.07, 6.45) is 0. The molecule has 1 aliphatic rings. The molecule has 0 bridgehead atoms. The van der Waals surface area contributed by atoms with Crippen molar-refractivity contribution < 1.29 is 9.26 Å². The summed E-state index contributed by atoms with van der Waals surface area (Å²) in [6, 6.07) is 15.5. The summed E-state index contributed by atoms with van der Waals surface area (Å²) in [4.78, 5) is 13.4. The van der Waals surface area contributed by atoms with Crippen molar-refractivity contribution in [1.29, 1.82) is 0 Å². The first-order chi connectivity index (χ1) is 15.2. The molecule has 3 aromatic rings. The number of aliphatic imine (C=N–C) groups is 1. The van der Waals surface area contributed by atoms with Gasteiger partial charge in [-0.25, -0.2) is 0 Å². The van der Waals surface area contributed by atoms with Crippen LogP contribution in [0, 0.1) is 0 Å². The minimum atomic E-state index is 0. The molecule has 0 atom stereocenters. The van der Waals surface area contributed by atoms with Gasteiger partial charge >= 0.3 is 0 Å². The van der Waals surface area contributed by atoms with E-state index in [0.717, 1.165) is 49.1 Å². The molecule has 2 aromatic carbocycles. The Balaban J connectivity index is 0.00000289. The molecule has 1 fully saturated rings. The van der Waals surface area contributed by atoms with Crippen molar-refractivity contribution >= 4 is 47.2 Å². The number of nitrogens with one attached hydrogen (secondary N) is 1. The Kier molecular flexibility index (Phi) is 8.57. The standard InChI is InChI=1S/C22H25ClN6O2.HI/c1-24-22(25-15-20-26-21(27-31-20)16-6-5-7-17(23)14-16)29-12-10-28(11-13-29)18-8-3-4-9-19(18)30-2;/h3-9,14H,10-13,15H2,1-2H3,(H,24,25);1H. The number of piperazine rings is 1. The molecular weight excluding hydrogens is 543 g/mol. The zero-order chi connectivity index (χ0) is 21.6. The van der Waals surface area contributed by atoms with Gasteiger partial charge in [-0.15, -0.1) is 24.0 Å². The first-order valence-corrected chi connectivity index (χ1v) is 10.5. The van der Waals surface area contributed by atoms with Crippen LogP contribution >= 0.6 is 35.6 Å². The molecule has 0 unspecified atom stereocenters. The third kappa shape index (κ3) is 5.63. The number of hydrogen-bond acceptors (Lipinski definition) is 6. The number of aromatic nitrogens is 2. The molecule has 4 rings (SSSR count). The first-order valence-electron chi connectivity index (χ1n) is 10.1. The lowest BCUT2D eigenvalue weighted by Crippen LogP contribution is -2.52. The van der Waals surface area contributed by atoms with Crippen LogP contribution in [0.25, 0.3) is 11.4 Å². The van der Waals surface area contributed by atoms with E-state index < -0.39 is 0 Å². The van der Waals surface area contributed by atoms with Gasteiger partial charge in [0.25, 0.3) is 0 Å². The van der Waals surface area contributed by atoms with Gasteiger partial charge in [-0.1, -0.05) is 41.0 Å². The predicted octanol–water partition coefficient (Wildman–Crippen LogP) is 3.91. The molecule has 0 radical (unpaired) electrons. The van der Waals surface area contributed by atoms with Crippen LogP contribution in [-0.2, 0) is 6.54 Å². The summed E-state index contributed by atoms with van der Waals surface area (Å²) in [5, 5.41) is 8.00. The number of guanidine groups is 1. The van der Waals surface area contributed by atoms with Crippen LogP contribution in [0.5, 0.6) is 5.75 Å². The smallest absolute Gasteiger partial charge is 0.246 e. The van der Waals surface area contributed by atoms with Crippen LogP contribution < -0.4 is 15.0 Å². The number of anilines is 1. The van der Waals surface area contributed by atoms with E-state index in [1.165, 1.54) is 0 Å². The summed E-state index contributed by atoms with van der Waals surface area (Å²) in [5.74, 6) is 2.70. The van der Waals surface area contributed by atoms with Crippen molar-refractivity contribution in [3.05, 3.63) is 59.4 Å². The summed E-state index contributed by atoms with van der Waals surface area (Å²) in [7, 11) is 3.48. The van der Waals surface area contributed by atoms with E-state index in [4.69, 9.17) is 20.9 Å². The molecule has 0 spiro atoms. The Bertz CT molecular complexity index is 1050. The summed E-state index contributed by atoms with van der Waals surface area (Å²) in [5.41, 5.74) is 1.94. The van der Waals surface area contributed by atoms with Crippen LogP contribution in [0.4, 0.5) is 5.69 Å². The van der Waals surface area contributed by atoms with Crippen LogP contribution in [0.2, 0.25) is 5.02 Å². The molecular formula is C22H26ClIN6O2. The highest BCUT2D eigenvalue weighted by atomic mass is 127. The molecule has 0 saturated carbocycles. The highest BCUT2D eigenvalue weighted by molar-refractivity contribution is 14.0. The van der Waals surface area contributed by atoms with Gasteiger partial charge in [0, 0.05) is 43.8 Å². The Morgan fingerprint density at radius 2 is 1.94 bits per heavy atom. The number of methoxy groups -OCH3 is 1. The largest absolute Gasteiger partial charge is 0.495 e. The van der Waals surface area contributed by atoms with Crippen molar-refractivity contribution in [3.63, 3.8) is 0 Å². The van der Waals surface area contributed by atoms with Gasteiger partial charge in [-0.3, -0.25) is 4.99 Å². The average molecular weight is 569 g/mol. The third-order valence-corrected chi connectivity index (χ3v) is 5.40. The van der Waals surface area contributed by atoms with Gasteiger partial charge in [0.15, 0.2) is 5.96 Å². The highest BCUT2D eigenvalue weighted by Crippen LogP contribution is 2.28. The highest BCUT2D eigenvalue weighted by Gasteiger charge is 2.22. The maximum atomic E-state index is 6.05. The molecule has 170 valence electrons. The Morgan fingerprint density at radius 3 is 2.66 bits per heavy atom. The van der Waals surface area contributed by atoms with Gasteiger partial charge in [0.2, 0.25) is 11.7 Å². The van der Waals surface area contributed by atoms with Crippen LogP contribution in [0.3, 0.4) is 0 Å². The Hall–Kier alpha value is -2.53. The van der Waals surface area contributed by atoms with Crippen LogP contribution in [-0.4, -0.2) is 61.3 Å². The van der Waals surface area contributed by atoms with E-state index in [1.807, 2.05) is 42.5 Å². The summed E-state index contributed by atoms with van der Waals surface area (Å²) < 4.78 is 10.9. The molecule has 1 aliphatic heterocycles. The number of benzene rings is 2. The maximum absolute atomic E-state index is 6.05. The minimum absolute atomic E-state index is 0. The fourth-order valence-corrected chi connectivity index (χ4v) is 3.80. The second kappa shape index (κ2) is 11.4. The molecule has 10 heteroatoms. The second-order valence-corrected chi connectivity index (χ2v) is 7.51. The number of hydrogen-bond donors (Lipinski definition) is 1. The van der Waals surface area contributed by atoms with Gasteiger partial charge in [-0.05, 0) is 24.3 Å². The zero-order valence-corrected chi connectivity index (χ0v) is 21.1. The minimum Gasteiger partial charge on any atom is -0.495 e. The Labute approximate surface area is 209 Å².